The molecular formula is C19H25FN4O3. The zero-order chi connectivity index (χ0) is 19.0. The number of rotatable bonds is 3. The number of amides is 1. The Labute approximate surface area is 156 Å². The normalized spacial score (nSPS) is 21.9. The summed E-state index contributed by atoms with van der Waals surface area (Å²) in [6, 6.07) is 5.04. The van der Waals surface area contributed by atoms with Gasteiger partial charge in [-0.15, -0.1) is 0 Å². The Balaban J connectivity index is 1.43. The van der Waals surface area contributed by atoms with Crippen LogP contribution in [0.1, 0.15) is 32.2 Å². The highest BCUT2D eigenvalue weighted by Gasteiger charge is 2.34. The molecule has 0 radical (unpaired) electrons. The Morgan fingerprint density at radius 1 is 1.22 bits per heavy atom. The fourth-order valence-corrected chi connectivity index (χ4v) is 4.42. The SMILES string of the molecule is CCOC(=O)N1CCC(N2CCC(n3c(=O)[nH]c4cccc(F)c43)CC2)C1. The summed E-state index contributed by atoms with van der Waals surface area (Å²) in [6.45, 7) is 5.27. The van der Waals surface area contributed by atoms with Gasteiger partial charge >= 0.3 is 11.8 Å². The molecule has 0 aliphatic carbocycles. The minimum absolute atomic E-state index is 0.0121. The van der Waals surface area contributed by atoms with Gasteiger partial charge in [-0.1, -0.05) is 6.07 Å². The third-order valence-corrected chi connectivity index (χ3v) is 5.76. The van der Waals surface area contributed by atoms with E-state index in [-0.39, 0.29) is 23.6 Å². The number of likely N-dealkylation sites (tertiary alicyclic amines) is 2. The minimum atomic E-state index is -0.367. The molecule has 146 valence electrons. The van der Waals surface area contributed by atoms with Gasteiger partial charge in [-0.3, -0.25) is 9.47 Å². The quantitative estimate of drug-likeness (QED) is 0.893. The van der Waals surface area contributed by atoms with Gasteiger partial charge < -0.3 is 14.6 Å². The van der Waals surface area contributed by atoms with Crippen molar-refractivity contribution in [2.24, 2.45) is 0 Å². The van der Waals surface area contributed by atoms with Crippen LogP contribution in [0.2, 0.25) is 0 Å². The number of imidazole rings is 1. The molecule has 2 aromatic rings. The van der Waals surface area contributed by atoms with Crippen molar-refractivity contribution < 1.29 is 13.9 Å². The zero-order valence-corrected chi connectivity index (χ0v) is 15.5. The molecule has 0 saturated carbocycles. The average Bonchev–Trinajstić information content (AvgIpc) is 3.27. The van der Waals surface area contributed by atoms with E-state index in [2.05, 4.69) is 9.88 Å². The van der Waals surface area contributed by atoms with E-state index >= 15 is 0 Å². The first-order chi connectivity index (χ1) is 13.1. The number of para-hydroxylation sites is 1. The van der Waals surface area contributed by atoms with E-state index in [0.29, 0.717) is 30.2 Å². The first kappa shape index (κ1) is 18.0. The maximum Gasteiger partial charge on any atom is 0.409 e. The van der Waals surface area contributed by atoms with Gasteiger partial charge in [0.2, 0.25) is 0 Å². The van der Waals surface area contributed by atoms with Gasteiger partial charge in [-0.25, -0.2) is 14.0 Å². The molecule has 0 bridgehead atoms. The lowest BCUT2D eigenvalue weighted by atomic mass is 10.0. The van der Waals surface area contributed by atoms with Crippen molar-refractivity contribution in [1.82, 2.24) is 19.4 Å². The maximum atomic E-state index is 14.3. The summed E-state index contributed by atoms with van der Waals surface area (Å²) in [4.78, 5) is 31.2. The third kappa shape index (κ3) is 3.34. The summed E-state index contributed by atoms with van der Waals surface area (Å²) in [5.41, 5.74) is 0.668. The monoisotopic (exact) mass is 376 g/mol. The van der Waals surface area contributed by atoms with Crippen LogP contribution in [-0.4, -0.2) is 64.3 Å². The highest BCUT2D eigenvalue weighted by atomic mass is 19.1. The Bertz CT molecular complexity index is 885. The van der Waals surface area contributed by atoms with Crippen molar-refractivity contribution in [2.45, 2.75) is 38.3 Å². The van der Waals surface area contributed by atoms with Crippen LogP contribution < -0.4 is 5.69 Å². The molecule has 1 N–H and O–H groups in total. The first-order valence-electron chi connectivity index (χ1n) is 9.63. The number of carbonyl (C=O) groups excluding carboxylic acids is 1. The molecule has 2 aliphatic heterocycles. The van der Waals surface area contributed by atoms with Crippen LogP contribution in [0.4, 0.5) is 9.18 Å². The number of fused-ring (bicyclic) bond motifs is 1. The molecule has 1 amide bonds. The Hall–Kier alpha value is -2.35. The smallest absolute Gasteiger partial charge is 0.409 e. The molecule has 3 heterocycles. The van der Waals surface area contributed by atoms with Gasteiger partial charge in [0, 0.05) is 38.3 Å². The number of nitrogens with one attached hydrogen (secondary N) is 1. The van der Waals surface area contributed by atoms with E-state index in [1.807, 2.05) is 6.92 Å². The zero-order valence-electron chi connectivity index (χ0n) is 15.5. The number of carbonyl (C=O) groups is 1. The first-order valence-corrected chi connectivity index (χ1v) is 9.63. The lowest BCUT2D eigenvalue weighted by Crippen LogP contribution is -2.44. The van der Waals surface area contributed by atoms with Crippen LogP contribution in [0.3, 0.4) is 0 Å². The highest BCUT2D eigenvalue weighted by Crippen LogP contribution is 2.28. The second kappa shape index (κ2) is 7.34. The molecule has 1 atom stereocenters. The lowest BCUT2D eigenvalue weighted by molar-refractivity contribution is 0.105. The number of ether oxygens (including phenoxy) is 1. The summed E-state index contributed by atoms with van der Waals surface area (Å²) in [7, 11) is 0. The molecule has 1 aromatic carbocycles. The maximum absolute atomic E-state index is 14.3. The fourth-order valence-electron chi connectivity index (χ4n) is 4.42. The van der Waals surface area contributed by atoms with Gasteiger partial charge in [0.05, 0.1) is 12.1 Å². The van der Waals surface area contributed by atoms with E-state index < -0.39 is 0 Å². The Morgan fingerprint density at radius 3 is 2.70 bits per heavy atom. The van der Waals surface area contributed by atoms with Gasteiger partial charge in [0.1, 0.15) is 11.3 Å². The van der Waals surface area contributed by atoms with Crippen LogP contribution in [0, 0.1) is 5.82 Å². The summed E-state index contributed by atoms with van der Waals surface area (Å²) >= 11 is 0. The topological polar surface area (TPSA) is 70.6 Å². The van der Waals surface area contributed by atoms with Gasteiger partial charge in [-0.2, -0.15) is 0 Å². The van der Waals surface area contributed by atoms with Crippen LogP contribution in [0.25, 0.3) is 11.0 Å². The van der Waals surface area contributed by atoms with E-state index in [4.69, 9.17) is 4.74 Å². The molecule has 0 spiro atoms. The van der Waals surface area contributed by atoms with Crippen molar-refractivity contribution >= 4 is 17.1 Å². The standard InChI is InChI=1S/C19H25FN4O3/c1-2-27-19(26)23-11-8-14(12-23)22-9-6-13(7-10-22)24-17-15(20)4-3-5-16(17)21-18(24)25/h3-5,13-14H,2,6-12H2,1H3,(H,21,25). The third-order valence-electron chi connectivity index (χ3n) is 5.76. The molecule has 8 heteroatoms. The number of halogens is 1. The molecule has 2 fully saturated rings. The second-order valence-corrected chi connectivity index (χ2v) is 7.29. The summed E-state index contributed by atoms with van der Waals surface area (Å²) < 4.78 is 20.9. The number of hydrogen-bond donors (Lipinski definition) is 1. The van der Waals surface area contributed by atoms with Crippen molar-refractivity contribution in [3.63, 3.8) is 0 Å². The fraction of sp³-hybridized carbons (Fsp3) is 0.579. The highest BCUT2D eigenvalue weighted by molar-refractivity contribution is 5.76. The largest absolute Gasteiger partial charge is 0.450 e. The number of nitrogens with zero attached hydrogens (tertiary/aromatic N) is 3. The number of hydrogen-bond acceptors (Lipinski definition) is 4. The number of aromatic nitrogens is 2. The van der Waals surface area contributed by atoms with E-state index in [1.165, 1.54) is 6.07 Å². The molecule has 1 aromatic heterocycles. The van der Waals surface area contributed by atoms with Crippen LogP contribution >= 0.6 is 0 Å². The molecule has 7 nitrogen and oxygen atoms in total. The van der Waals surface area contributed by atoms with Crippen molar-refractivity contribution in [2.75, 3.05) is 32.8 Å². The van der Waals surface area contributed by atoms with Crippen molar-refractivity contribution in [1.29, 1.82) is 0 Å². The lowest BCUT2D eigenvalue weighted by Gasteiger charge is -2.36. The predicted octanol–water partition coefficient (Wildman–Crippen LogP) is 2.34. The van der Waals surface area contributed by atoms with Crippen LogP contribution in [0.5, 0.6) is 0 Å². The van der Waals surface area contributed by atoms with E-state index in [9.17, 15) is 14.0 Å². The molecule has 2 aliphatic rings. The van der Waals surface area contributed by atoms with Gasteiger partial charge in [-0.05, 0) is 38.3 Å². The van der Waals surface area contributed by atoms with E-state index in [0.717, 1.165) is 38.9 Å². The molecule has 4 rings (SSSR count). The van der Waals surface area contributed by atoms with Crippen molar-refractivity contribution in [3.8, 4) is 0 Å². The van der Waals surface area contributed by atoms with Gasteiger partial charge in [0.15, 0.2) is 0 Å². The Morgan fingerprint density at radius 2 is 1.96 bits per heavy atom. The molecule has 2 saturated heterocycles. The summed E-state index contributed by atoms with van der Waals surface area (Å²) in [5, 5.41) is 0. The summed E-state index contributed by atoms with van der Waals surface area (Å²) in [5.74, 6) is -0.367. The van der Waals surface area contributed by atoms with E-state index in [1.54, 1.807) is 21.6 Å². The number of aromatic amines is 1. The average molecular weight is 376 g/mol. The Kier molecular flexibility index (Phi) is 4.90. The van der Waals surface area contributed by atoms with Crippen LogP contribution in [0.15, 0.2) is 23.0 Å². The molecule has 1 unspecified atom stereocenters. The molecular weight excluding hydrogens is 351 g/mol. The predicted molar refractivity (Wildman–Crippen MR) is 99.4 cm³/mol. The second-order valence-electron chi connectivity index (χ2n) is 7.29. The number of benzene rings is 1. The van der Waals surface area contributed by atoms with Crippen LogP contribution in [-0.2, 0) is 4.74 Å². The molecule has 27 heavy (non-hydrogen) atoms. The van der Waals surface area contributed by atoms with Gasteiger partial charge in [0.25, 0.3) is 0 Å². The number of H-pyrrole nitrogens is 1. The number of piperidine rings is 1. The minimum Gasteiger partial charge on any atom is -0.450 e. The summed E-state index contributed by atoms with van der Waals surface area (Å²) in [6.07, 6.45) is 2.27. The van der Waals surface area contributed by atoms with Crippen molar-refractivity contribution in [3.05, 3.63) is 34.5 Å².